The summed E-state index contributed by atoms with van der Waals surface area (Å²) in [5, 5.41) is 3.02. The van der Waals surface area contributed by atoms with Crippen LogP contribution in [0.3, 0.4) is 0 Å². The number of benzene rings is 1. The van der Waals surface area contributed by atoms with Crippen molar-refractivity contribution in [1.29, 1.82) is 0 Å². The molecule has 0 aliphatic carbocycles. The summed E-state index contributed by atoms with van der Waals surface area (Å²) < 4.78 is 0. The Balaban J connectivity index is 1.60. The number of rotatable bonds is 3. The standard InChI is InChI=1S/C20H29N3O2S/c1-15(2)14-18(24)23-12-13-26-20(23)8-10-22(11-9-20)19(25)21-17-7-5-4-6-16(17)3/h4-7,15H,8-14H2,1-3H3,(H,21,25). The van der Waals surface area contributed by atoms with Crippen LogP contribution in [0, 0.1) is 12.8 Å². The Kier molecular flexibility index (Phi) is 5.80. The molecule has 2 aliphatic heterocycles. The normalized spacial score (nSPS) is 19.2. The van der Waals surface area contributed by atoms with E-state index in [9.17, 15) is 9.59 Å². The van der Waals surface area contributed by atoms with Crippen molar-refractivity contribution in [2.75, 3.05) is 30.7 Å². The molecule has 1 aromatic carbocycles. The molecule has 1 aromatic rings. The Morgan fingerprint density at radius 1 is 1.19 bits per heavy atom. The zero-order chi connectivity index (χ0) is 18.7. The molecule has 2 saturated heterocycles. The number of thioether (sulfide) groups is 1. The summed E-state index contributed by atoms with van der Waals surface area (Å²) in [5.74, 6) is 1.65. The van der Waals surface area contributed by atoms with E-state index >= 15 is 0 Å². The largest absolute Gasteiger partial charge is 0.327 e. The number of carbonyl (C=O) groups is 2. The van der Waals surface area contributed by atoms with Gasteiger partial charge in [0.05, 0.1) is 4.87 Å². The molecule has 1 spiro atoms. The van der Waals surface area contributed by atoms with Gasteiger partial charge in [0.2, 0.25) is 5.91 Å². The molecular formula is C20H29N3O2S. The summed E-state index contributed by atoms with van der Waals surface area (Å²) in [4.78, 5) is 29.1. The molecule has 2 heterocycles. The smallest absolute Gasteiger partial charge is 0.321 e. The Bertz CT molecular complexity index is 669. The SMILES string of the molecule is Cc1ccccc1NC(=O)N1CCC2(CC1)SCCN2C(=O)CC(C)C. The lowest BCUT2D eigenvalue weighted by Gasteiger charge is -2.44. The lowest BCUT2D eigenvalue weighted by Crippen LogP contribution is -2.54. The van der Waals surface area contributed by atoms with E-state index in [0.717, 1.165) is 36.4 Å². The topological polar surface area (TPSA) is 52.7 Å². The van der Waals surface area contributed by atoms with Crippen LogP contribution in [0.4, 0.5) is 10.5 Å². The predicted octanol–water partition coefficient (Wildman–Crippen LogP) is 3.94. The van der Waals surface area contributed by atoms with Crippen LogP contribution in [0.15, 0.2) is 24.3 Å². The summed E-state index contributed by atoms with van der Waals surface area (Å²) >= 11 is 1.90. The number of amides is 3. The van der Waals surface area contributed by atoms with Gasteiger partial charge in [-0.1, -0.05) is 32.0 Å². The zero-order valence-electron chi connectivity index (χ0n) is 16.0. The van der Waals surface area contributed by atoms with E-state index < -0.39 is 0 Å². The molecule has 26 heavy (non-hydrogen) atoms. The first-order chi connectivity index (χ1) is 12.4. The van der Waals surface area contributed by atoms with Gasteiger partial charge in [0.25, 0.3) is 0 Å². The number of nitrogens with one attached hydrogen (secondary N) is 1. The van der Waals surface area contributed by atoms with Crippen LogP contribution in [0.2, 0.25) is 0 Å². The number of urea groups is 1. The molecule has 3 amide bonds. The van der Waals surface area contributed by atoms with Crippen LogP contribution in [-0.4, -0.2) is 52.0 Å². The van der Waals surface area contributed by atoms with Crippen LogP contribution in [0.1, 0.15) is 38.7 Å². The fraction of sp³-hybridized carbons (Fsp3) is 0.600. The van der Waals surface area contributed by atoms with Crippen LogP contribution >= 0.6 is 11.8 Å². The molecule has 5 nitrogen and oxygen atoms in total. The summed E-state index contributed by atoms with van der Waals surface area (Å²) in [5.41, 5.74) is 1.92. The molecule has 3 rings (SSSR count). The van der Waals surface area contributed by atoms with Gasteiger partial charge in [-0.3, -0.25) is 4.79 Å². The number of aryl methyl sites for hydroxylation is 1. The molecule has 142 valence electrons. The van der Waals surface area contributed by atoms with Crippen molar-refractivity contribution in [3.05, 3.63) is 29.8 Å². The van der Waals surface area contributed by atoms with Gasteiger partial charge in [-0.15, -0.1) is 11.8 Å². The average Bonchev–Trinajstić information content (AvgIpc) is 3.00. The minimum atomic E-state index is -0.106. The lowest BCUT2D eigenvalue weighted by molar-refractivity contribution is -0.135. The third-order valence-corrected chi connectivity index (χ3v) is 6.83. The number of carbonyl (C=O) groups excluding carboxylic acids is 2. The van der Waals surface area contributed by atoms with Crippen molar-refractivity contribution < 1.29 is 9.59 Å². The van der Waals surface area contributed by atoms with Crippen molar-refractivity contribution in [1.82, 2.24) is 9.80 Å². The first kappa shape index (κ1) is 19.1. The van der Waals surface area contributed by atoms with Gasteiger partial charge in [0, 0.05) is 37.5 Å². The van der Waals surface area contributed by atoms with Gasteiger partial charge in [0.1, 0.15) is 0 Å². The summed E-state index contributed by atoms with van der Waals surface area (Å²) in [6.45, 7) is 8.39. The molecule has 0 radical (unpaired) electrons. The van der Waals surface area contributed by atoms with E-state index in [2.05, 4.69) is 24.1 Å². The van der Waals surface area contributed by atoms with Crippen LogP contribution in [-0.2, 0) is 4.79 Å². The van der Waals surface area contributed by atoms with E-state index in [-0.39, 0.29) is 16.8 Å². The van der Waals surface area contributed by atoms with Crippen molar-refractivity contribution in [2.24, 2.45) is 5.92 Å². The Hall–Kier alpha value is -1.69. The van der Waals surface area contributed by atoms with Gasteiger partial charge in [-0.2, -0.15) is 0 Å². The van der Waals surface area contributed by atoms with Crippen molar-refractivity contribution in [3.63, 3.8) is 0 Å². The van der Waals surface area contributed by atoms with Gasteiger partial charge in [-0.05, 0) is 37.3 Å². The second-order valence-electron chi connectivity index (χ2n) is 7.67. The third-order valence-electron chi connectivity index (χ3n) is 5.28. The monoisotopic (exact) mass is 375 g/mol. The second-order valence-corrected chi connectivity index (χ2v) is 9.13. The highest BCUT2D eigenvalue weighted by molar-refractivity contribution is 8.00. The second kappa shape index (κ2) is 7.91. The highest BCUT2D eigenvalue weighted by atomic mass is 32.2. The van der Waals surface area contributed by atoms with Crippen LogP contribution < -0.4 is 5.32 Å². The molecule has 0 aromatic heterocycles. The number of hydrogen-bond donors (Lipinski definition) is 1. The minimum absolute atomic E-state index is 0.0443. The molecular weight excluding hydrogens is 346 g/mol. The van der Waals surface area contributed by atoms with E-state index in [1.54, 1.807) is 0 Å². The lowest BCUT2D eigenvalue weighted by atomic mass is 10.0. The Morgan fingerprint density at radius 2 is 1.88 bits per heavy atom. The summed E-state index contributed by atoms with van der Waals surface area (Å²) in [6.07, 6.45) is 2.31. The number of likely N-dealkylation sites (tertiary alicyclic amines) is 1. The molecule has 0 atom stereocenters. The van der Waals surface area contributed by atoms with Crippen molar-refractivity contribution in [3.8, 4) is 0 Å². The predicted molar refractivity (Wildman–Crippen MR) is 107 cm³/mol. The number of piperidine rings is 1. The van der Waals surface area contributed by atoms with Gasteiger partial charge in [-0.25, -0.2) is 4.79 Å². The van der Waals surface area contributed by atoms with E-state index in [4.69, 9.17) is 0 Å². The minimum Gasteiger partial charge on any atom is -0.327 e. The third kappa shape index (κ3) is 4.00. The molecule has 0 unspecified atom stereocenters. The number of nitrogens with zero attached hydrogens (tertiary/aromatic N) is 2. The zero-order valence-corrected chi connectivity index (χ0v) is 16.8. The summed E-state index contributed by atoms with van der Waals surface area (Å²) in [7, 11) is 0. The Morgan fingerprint density at radius 3 is 2.54 bits per heavy atom. The molecule has 0 saturated carbocycles. The average molecular weight is 376 g/mol. The van der Waals surface area contributed by atoms with Gasteiger partial charge < -0.3 is 15.1 Å². The maximum atomic E-state index is 12.6. The number of para-hydroxylation sites is 1. The summed E-state index contributed by atoms with van der Waals surface area (Å²) in [6, 6.07) is 7.78. The first-order valence-electron chi connectivity index (χ1n) is 9.47. The molecule has 2 fully saturated rings. The van der Waals surface area contributed by atoms with E-state index in [1.807, 2.05) is 47.9 Å². The fourth-order valence-electron chi connectivity index (χ4n) is 3.80. The maximum Gasteiger partial charge on any atom is 0.321 e. The van der Waals surface area contributed by atoms with Crippen molar-refractivity contribution in [2.45, 2.75) is 44.9 Å². The quantitative estimate of drug-likeness (QED) is 0.871. The van der Waals surface area contributed by atoms with Crippen LogP contribution in [0.5, 0.6) is 0 Å². The Labute approximate surface area is 160 Å². The van der Waals surface area contributed by atoms with Crippen LogP contribution in [0.25, 0.3) is 0 Å². The number of hydrogen-bond acceptors (Lipinski definition) is 3. The first-order valence-corrected chi connectivity index (χ1v) is 10.5. The highest BCUT2D eigenvalue weighted by Crippen LogP contribution is 2.44. The van der Waals surface area contributed by atoms with Crippen molar-refractivity contribution >= 4 is 29.4 Å². The highest BCUT2D eigenvalue weighted by Gasteiger charge is 2.46. The van der Waals surface area contributed by atoms with Gasteiger partial charge in [0.15, 0.2) is 0 Å². The molecule has 0 bridgehead atoms. The van der Waals surface area contributed by atoms with E-state index in [1.165, 1.54) is 0 Å². The van der Waals surface area contributed by atoms with Gasteiger partial charge >= 0.3 is 6.03 Å². The molecule has 6 heteroatoms. The molecule has 1 N–H and O–H groups in total. The number of anilines is 1. The van der Waals surface area contributed by atoms with E-state index in [0.29, 0.717) is 25.4 Å². The fourth-order valence-corrected chi connectivity index (χ4v) is 5.27. The molecule has 2 aliphatic rings. The maximum absolute atomic E-state index is 12.6.